The fraction of sp³-hybridized carbons (Fsp3) is 0.600. The SMILES string of the molecule is CC(C)(C)c1ccc(OCC2CCCN2)cc1. The van der Waals surface area contributed by atoms with Gasteiger partial charge in [0.05, 0.1) is 0 Å². The zero-order valence-corrected chi connectivity index (χ0v) is 11.1. The monoisotopic (exact) mass is 233 g/mol. The summed E-state index contributed by atoms with van der Waals surface area (Å²) in [6.45, 7) is 8.60. The molecule has 1 aliphatic rings. The second-order valence-electron chi connectivity index (χ2n) is 5.88. The molecule has 0 bridgehead atoms. The predicted octanol–water partition coefficient (Wildman–Crippen LogP) is 3.11. The summed E-state index contributed by atoms with van der Waals surface area (Å²) in [7, 11) is 0. The van der Waals surface area contributed by atoms with E-state index in [9.17, 15) is 0 Å². The molecule has 0 saturated carbocycles. The smallest absolute Gasteiger partial charge is 0.119 e. The van der Waals surface area contributed by atoms with Crippen LogP contribution in [0, 0.1) is 0 Å². The lowest BCUT2D eigenvalue weighted by molar-refractivity contribution is 0.277. The molecule has 0 aromatic heterocycles. The van der Waals surface area contributed by atoms with Gasteiger partial charge < -0.3 is 10.1 Å². The molecule has 1 heterocycles. The second kappa shape index (κ2) is 5.09. The van der Waals surface area contributed by atoms with Crippen molar-refractivity contribution < 1.29 is 4.74 Å². The molecule has 2 heteroatoms. The predicted molar refractivity (Wildman–Crippen MR) is 71.7 cm³/mol. The van der Waals surface area contributed by atoms with Crippen molar-refractivity contribution in [1.29, 1.82) is 0 Å². The van der Waals surface area contributed by atoms with E-state index in [-0.39, 0.29) is 5.41 Å². The summed E-state index contributed by atoms with van der Waals surface area (Å²) in [5.41, 5.74) is 1.56. The fourth-order valence-electron chi connectivity index (χ4n) is 2.15. The van der Waals surface area contributed by atoms with Gasteiger partial charge in [0.25, 0.3) is 0 Å². The maximum Gasteiger partial charge on any atom is 0.119 e. The molecule has 1 atom stereocenters. The van der Waals surface area contributed by atoms with Gasteiger partial charge in [-0.2, -0.15) is 0 Å². The zero-order chi connectivity index (χ0) is 12.3. The van der Waals surface area contributed by atoms with Crippen molar-refractivity contribution in [1.82, 2.24) is 5.32 Å². The van der Waals surface area contributed by atoms with Gasteiger partial charge in [0.15, 0.2) is 0 Å². The van der Waals surface area contributed by atoms with Crippen molar-refractivity contribution in [3.63, 3.8) is 0 Å². The van der Waals surface area contributed by atoms with Crippen LogP contribution in [0.2, 0.25) is 0 Å². The van der Waals surface area contributed by atoms with E-state index in [2.05, 4.69) is 50.4 Å². The summed E-state index contributed by atoms with van der Waals surface area (Å²) in [4.78, 5) is 0. The molecule has 0 radical (unpaired) electrons. The first-order chi connectivity index (χ1) is 8.05. The summed E-state index contributed by atoms with van der Waals surface area (Å²) in [5, 5.41) is 3.44. The average Bonchev–Trinajstić information content (AvgIpc) is 2.78. The third-order valence-electron chi connectivity index (χ3n) is 3.33. The molecule has 1 unspecified atom stereocenters. The Morgan fingerprint density at radius 3 is 2.47 bits per heavy atom. The Morgan fingerprint density at radius 2 is 1.94 bits per heavy atom. The number of nitrogens with one attached hydrogen (secondary N) is 1. The van der Waals surface area contributed by atoms with Crippen LogP contribution < -0.4 is 10.1 Å². The lowest BCUT2D eigenvalue weighted by atomic mass is 9.87. The van der Waals surface area contributed by atoms with E-state index in [0.717, 1.165) is 18.9 Å². The van der Waals surface area contributed by atoms with Gasteiger partial charge in [-0.05, 0) is 42.5 Å². The van der Waals surface area contributed by atoms with Crippen LogP contribution in [0.3, 0.4) is 0 Å². The quantitative estimate of drug-likeness (QED) is 0.866. The van der Waals surface area contributed by atoms with Crippen molar-refractivity contribution in [3.8, 4) is 5.75 Å². The Balaban J connectivity index is 1.89. The lowest BCUT2D eigenvalue weighted by Gasteiger charge is -2.19. The topological polar surface area (TPSA) is 21.3 Å². The minimum Gasteiger partial charge on any atom is -0.492 e. The number of ether oxygens (including phenoxy) is 1. The highest BCUT2D eigenvalue weighted by atomic mass is 16.5. The van der Waals surface area contributed by atoms with Gasteiger partial charge in [0.1, 0.15) is 12.4 Å². The highest BCUT2D eigenvalue weighted by Gasteiger charge is 2.15. The van der Waals surface area contributed by atoms with Gasteiger partial charge in [-0.3, -0.25) is 0 Å². The molecule has 17 heavy (non-hydrogen) atoms. The molecule has 0 amide bonds. The Kier molecular flexibility index (Phi) is 3.72. The van der Waals surface area contributed by atoms with Crippen LogP contribution in [-0.2, 0) is 5.41 Å². The summed E-state index contributed by atoms with van der Waals surface area (Å²) in [6, 6.07) is 9.03. The molecule has 2 nitrogen and oxygen atoms in total. The molecule has 1 fully saturated rings. The normalized spacial score (nSPS) is 20.5. The van der Waals surface area contributed by atoms with Crippen LogP contribution in [0.4, 0.5) is 0 Å². The van der Waals surface area contributed by atoms with Crippen molar-refractivity contribution in [2.75, 3.05) is 13.2 Å². The molecule has 0 spiro atoms. The van der Waals surface area contributed by atoms with Crippen LogP contribution in [0.15, 0.2) is 24.3 Å². The highest BCUT2D eigenvalue weighted by Crippen LogP contribution is 2.24. The number of rotatable bonds is 3. The Hall–Kier alpha value is -1.02. The van der Waals surface area contributed by atoms with Crippen LogP contribution >= 0.6 is 0 Å². The van der Waals surface area contributed by atoms with E-state index in [0.29, 0.717) is 6.04 Å². The average molecular weight is 233 g/mol. The Bertz CT molecular complexity index is 344. The fourth-order valence-corrected chi connectivity index (χ4v) is 2.15. The minimum absolute atomic E-state index is 0.214. The van der Waals surface area contributed by atoms with Gasteiger partial charge >= 0.3 is 0 Å². The van der Waals surface area contributed by atoms with Gasteiger partial charge in [-0.1, -0.05) is 32.9 Å². The van der Waals surface area contributed by atoms with E-state index in [1.165, 1.54) is 18.4 Å². The third kappa shape index (κ3) is 3.47. The van der Waals surface area contributed by atoms with Crippen molar-refractivity contribution >= 4 is 0 Å². The first-order valence-electron chi connectivity index (χ1n) is 6.52. The van der Waals surface area contributed by atoms with E-state index in [4.69, 9.17) is 4.74 Å². The van der Waals surface area contributed by atoms with Crippen LogP contribution in [-0.4, -0.2) is 19.2 Å². The number of hydrogen-bond acceptors (Lipinski definition) is 2. The van der Waals surface area contributed by atoms with E-state index < -0.39 is 0 Å². The summed E-state index contributed by atoms with van der Waals surface area (Å²) >= 11 is 0. The molecule has 1 N–H and O–H groups in total. The van der Waals surface area contributed by atoms with Gasteiger partial charge in [-0.15, -0.1) is 0 Å². The molecule has 1 saturated heterocycles. The molecule has 0 aliphatic carbocycles. The van der Waals surface area contributed by atoms with Gasteiger partial charge in [-0.25, -0.2) is 0 Å². The highest BCUT2D eigenvalue weighted by molar-refractivity contribution is 5.31. The van der Waals surface area contributed by atoms with Crippen LogP contribution in [0.5, 0.6) is 5.75 Å². The maximum atomic E-state index is 5.80. The van der Waals surface area contributed by atoms with E-state index in [1.54, 1.807) is 0 Å². The number of hydrogen-bond donors (Lipinski definition) is 1. The van der Waals surface area contributed by atoms with Gasteiger partial charge in [0, 0.05) is 6.04 Å². The maximum absolute atomic E-state index is 5.80. The molecular formula is C15H23NO. The zero-order valence-electron chi connectivity index (χ0n) is 11.1. The molecule has 94 valence electrons. The third-order valence-corrected chi connectivity index (χ3v) is 3.33. The minimum atomic E-state index is 0.214. The van der Waals surface area contributed by atoms with E-state index in [1.807, 2.05) is 0 Å². The summed E-state index contributed by atoms with van der Waals surface area (Å²) < 4.78 is 5.80. The Morgan fingerprint density at radius 1 is 1.24 bits per heavy atom. The number of benzene rings is 1. The first-order valence-corrected chi connectivity index (χ1v) is 6.52. The molecular weight excluding hydrogens is 210 g/mol. The summed E-state index contributed by atoms with van der Waals surface area (Å²) in [5.74, 6) is 0.978. The second-order valence-corrected chi connectivity index (χ2v) is 5.88. The van der Waals surface area contributed by atoms with Crippen molar-refractivity contribution in [2.24, 2.45) is 0 Å². The molecule has 1 aromatic rings. The van der Waals surface area contributed by atoms with Crippen molar-refractivity contribution in [3.05, 3.63) is 29.8 Å². The molecule has 1 aromatic carbocycles. The molecule has 1 aliphatic heterocycles. The van der Waals surface area contributed by atoms with Crippen LogP contribution in [0.25, 0.3) is 0 Å². The summed E-state index contributed by atoms with van der Waals surface area (Å²) in [6.07, 6.45) is 2.51. The van der Waals surface area contributed by atoms with E-state index >= 15 is 0 Å². The van der Waals surface area contributed by atoms with Crippen LogP contribution in [0.1, 0.15) is 39.2 Å². The standard InChI is InChI=1S/C15H23NO/c1-15(2,3)12-6-8-14(9-7-12)17-11-13-5-4-10-16-13/h6-9,13,16H,4-5,10-11H2,1-3H3. The Labute approximate surface area is 104 Å². The van der Waals surface area contributed by atoms with Gasteiger partial charge in [0.2, 0.25) is 0 Å². The first kappa shape index (κ1) is 12.4. The largest absolute Gasteiger partial charge is 0.492 e. The molecule has 2 rings (SSSR count). The van der Waals surface area contributed by atoms with Crippen molar-refractivity contribution in [2.45, 2.75) is 45.1 Å². The lowest BCUT2D eigenvalue weighted by Crippen LogP contribution is -2.28.